The summed E-state index contributed by atoms with van der Waals surface area (Å²) in [4.78, 5) is 14.2. The van der Waals surface area contributed by atoms with E-state index in [9.17, 15) is 14.3 Å². The Hall–Kier alpha value is -1.48. The molecule has 2 atom stereocenters. The van der Waals surface area contributed by atoms with Gasteiger partial charge in [-0.2, -0.15) is 0 Å². The van der Waals surface area contributed by atoms with Gasteiger partial charge in [0, 0.05) is 6.04 Å². The number of hydrogen-bond donors (Lipinski definition) is 4. The molecule has 5 N–H and O–H groups in total. The molecule has 154 valence electrons. The van der Waals surface area contributed by atoms with E-state index in [0.29, 0.717) is 32.1 Å². The van der Waals surface area contributed by atoms with E-state index in [4.69, 9.17) is 15.8 Å². The fourth-order valence-electron chi connectivity index (χ4n) is 4.89. The molecule has 1 aromatic rings. The number of unbranched alkanes of at least 4 members (excludes halogenated alkanes) is 1. The number of nitrogens with zero attached hydrogens (tertiary/aromatic N) is 1. The number of aliphatic carboxylic acids is 1. The van der Waals surface area contributed by atoms with Gasteiger partial charge in [0.1, 0.15) is 11.4 Å². The standard InChI is InChI=1S/C20H30BFN2O4/c22-16-5-3-14-4-6-18(17(14)13-16)24-11-7-15(8-12-24)20(23,19(25)26)9-1-2-10-21(27)28/h3,5,13,15,18,27-28H,1-2,4,6-12,23H2,(H,25,26). The molecular formula is C20H30BFN2O4. The Kier molecular flexibility index (Phi) is 6.75. The van der Waals surface area contributed by atoms with Crippen LogP contribution in [0.2, 0.25) is 6.32 Å². The van der Waals surface area contributed by atoms with E-state index in [2.05, 4.69) is 4.90 Å². The SMILES string of the molecule is NC(CCCCB(O)O)(C(=O)O)C1CCN(C2CCc3ccc(F)cc32)CC1. The molecule has 1 saturated heterocycles. The molecule has 0 amide bonds. The maximum Gasteiger partial charge on any atom is 0.451 e. The first-order valence-electron chi connectivity index (χ1n) is 10.2. The van der Waals surface area contributed by atoms with Gasteiger partial charge in [0.05, 0.1) is 0 Å². The topological polar surface area (TPSA) is 107 Å². The number of benzene rings is 1. The summed E-state index contributed by atoms with van der Waals surface area (Å²) < 4.78 is 13.7. The Balaban J connectivity index is 1.59. The van der Waals surface area contributed by atoms with E-state index in [0.717, 1.165) is 31.5 Å². The monoisotopic (exact) mass is 392 g/mol. The lowest BCUT2D eigenvalue weighted by molar-refractivity contribution is -0.147. The Labute approximate surface area is 165 Å². The van der Waals surface area contributed by atoms with Crippen molar-refractivity contribution in [2.45, 2.75) is 62.8 Å². The van der Waals surface area contributed by atoms with E-state index in [1.165, 1.54) is 11.6 Å². The van der Waals surface area contributed by atoms with Gasteiger partial charge >= 0.3 is 13.1 Å². The van der Waals surface area contributed by atoms with E-state index in [1.54, 1.807) is 6.07 Å². The second-order valence-corrected chi connectivity index (χ2v) is 8.28. The molecule has 0 radical (unpaired) electrons. The maximum atomic E-state index is 13.7. The number of aryl methyl sites for hydroxylation is 1. The van der Waals surface area contributed by atoms with Gasteiger partial charge in [-0.3, -0.25) is 9.69 Å². The van der Waals surface area contributed by atoms with Crippen LogP contribution in [0.25, 0.3) is 0 Å². The van der Waals surface area contributed by atoms with Gasteiger partial charge in [-0.15, -0.1) is 0 Å². The van der Waals surface area contributed by atoms with Crippen LogP contribution < -0.4 is 5.73 Å². The number of carbonyl (C=O) groups is 1. The summed E-state index contributed by atoms with van der Waals surface area (Å²) in [6.45, 7) is 1.51. The summed E-state index contributed by atoms with van der Waals surface area (Å²) in [5.74, 6) is -1.31. The molecule has 1 heterocycles. The van der Waals surface area contributed by atoms with Crippen LogP contribution in [-0.2, 0) is 11.2 Å². The van der Waals surface area contributed by atoms with Crippen molar-refractivity contribution in [3.63, 3.8) is 0 Å². The van der Waals surface area contributed by atoms with Crippen molar-refractivity contribution in [2.24, 2.45) is 11.7 Å². The van der Waals surface area contributed by atoms with E-state index < -0.39 is 18.6 Å². The second kappa shape index (κ2) is 8.90. The van der Waals surface area contributed by atoms with Gasteiger partial charge in [-0.1, -0.05) is 18.9 Å². The first-order valence-corrected chi connectivity index (χ1v) is 10.2. The molecule has 3 rings (SSSR count). The Morgan fingerprint density at radius 3 is 2.61 bits per heavy atom. The van der Waals surface area contributed by atoms with Crippen LogP contribution in [-0.4, -0.2) is 51.8 Å². The van der Waals surface area contributed by atoms with E-state index in [1.807, 2.05) is 6.07 Å². The van der Waals surface area contributed by atoms with Gasteiger partial charge in [-0.05, 0) is 80.7 Å². The molecule has 6 nitrogen and oxygen atoms in total. The summed E-state index contributed by atoms with van der Waals surface area (Å²) >= 11 is 0. The van der Waals surface area contributed by atoms with Gasteiger partial charge in [0.2, 0.25) is 0 Å². The van der Waals surface area contributed by atoms with Crippen molar-refractivity contribution in [1.82, 2.24) is 4.90 Å². The minimum Gasteiger partial charge on any atom is -0.480 e. The molecule has 0 aromatic heterocycles. The summed E-state index contributed by atoms with van der Waals surface area (Å²) in [5.41, 5.74) is 7.32. The summed E-state index contributed by atoms with van der Waals surface area (Å²) in [5, 5.41) is 27.6. The van der Waals surface area contributed by atoms with Crippen LogP contribution in [0.15, 0.2) is 18.2 Å². The summed E-state index contributed by atoms with van der Waals surface area (Å²) in [7, 11) is -1.36. The number of piperidine rings is 1. The summed E-state index contributed by atoms with van der Waals surface area (Å²) in [6, 6.07) is 5.23. The number of hydrogen-bond acceptors (Lipinski definition) is 5. The van der Waals surface area contributed by atoms with E-state index in [-0.39, 0.29) is 24.1 Å². The number of nitrogens with two attached hydrogens (primary N) is 1. The minimum absolute atomic E-state index is 0.117. The Bertz CT molecular complexity index is 697. The van der Waals surface area contributed by atoms with Crippen molar-refractivity contribution < 1.29 is 24.3 Å². The van der Waals surface area contributed by atoms with Crippen molar-refractivity contribution in [3.8, 4) is 0 Å². The largest absolute Gasteiger partial charge is 0.480 e. The van der Waals surface area contributed by atoms with Gasteiger partial charge < -0.3 is 20.9 Å². The fraction of sp³-hybridized carbons (Fsp3) is 0.650. The number of likely N-dealkylation sites (tertiary alicyclic amines) is 1. The lowest BCUT2D eigenvalue weighted by Crippen LogP contribution is -2.57. The van der Waals surface area contributed by atoms with Crippen molar-refractivity contribution >= 4 is 13.1 Å². The van der Waals surface area contributed by atoms with E-state index >= 15 is 0 Å². The third kappa shape index (κ3) is 4.57. The van der Waals surface area contributed by atoms with Gasteiger partial charge in [0.25, 0.3) is 0 Å². The smallest absolute Gasteiger partial charge is 0.451 e. The number of rotatable bonds is 8. The summed E-state index contributed by atoms with van der Waals surface area (Å²) in [6.07, 6.45) is 4.97. The zero-order valence-electron chi connectivity index (χ0n) is 16.2. The molecule has 1 aliphatic carbocycles. The quantitative estimate of drug-likeness (QED) is 0.398. The second-order valence-electron chi connectivity index (χ2n) is 8.28. The normalized spacial score (nSPS) is 22.6. The molecule has 0 saturated carbocycles. The molecule has 28 heavy (non-hydrogen) atoms. The van der Waals surface area contributed by atoms with Gasteiger partial charge in [0.15, 0.2) is 0 Å². The minimum atomic E-state index is -1.36. The fourth-order valence-corrected chi connectivity index (χ4v) is 4.89. The van der Waals surface area contributed by atoms with Crippen LogP contribution >= 0.6 is 0 Å². The zero-order valence-corrected chi connectivity index (χ0v) is 16.2. The third-order valence-electron chi connectivity index (χ3n) is 6.55. The highest BCUT2D eigenvalue weighted by Crippen LogP contribution is 2.40. The molecule has 8 heteroatoms. The predicted octanol–water partition coefficient (Wildman–Crippen LogP) is 1.95. The Morgan fingerprint density at radius 2 is 1.96 bits per heavy atom. The zero-order chi connectivity index (χ0) is 20.3. The molecule has 1 aliphatic heterocycles. The molecule has 1 fully saturated rings. The number of fused-ring (bicyclic) bond motifs is 1. The average Bonchev–Trinajstić information content (AvgIpc) is 3.08. The average molecular weight is 392 g/mol. The van der Waals surface area contributed by atoms with Crippen LogP contribution in [0.4, 0.5) is 4.39 Å². The predicted molar refractivity (Wildman–Crippen MR) is 105 cm³/mol. The van der Waals surface area contributed by atoms with Crippen LogP contribution in [0.5, 0.6) is 0 Å². The molecule has 2 aliphatic rings. The number of carboxylic acid groups (broad SMARTS) is 1. The van der Waals surface area contributed by atoms with Crippen molar-refractivity contribution in [2.75, 3.05) is 13.1 Å². The van der Waals surface area contributed by atoms with Crippen LogP contribution in [0.3, 0.4) is 0 Å². The van der Waals surface area contributed by atoms with Gasteiger partial charge in [-0.25, -0.2) is 4.39 Å². The molecule has 0 spiro atoms. The lowest BCUT2D eigenvalue weighted by atomic mass is 9.74. The van der Waals surface area contributed by atoms with Crippen molar-refractivity contribution in [3.05, 3.63) is 35.1 Å². The van der Waals surface area contributed by atoms with Crippen LogP contribution in [0, 0.1) is 11.7 Å². The molecule has 1 aromatic carbocycles. The molecule has 2 unspecified atom stereocenters. The molecule has 0 bridgehead atoms. The highest BCUT2D eigenvalue weighted by Gasteiger charge is 2.44. The highest BCUT2D eigenvalue weighted by atomic mass is 19.1. The Morgan fingerprint density at radius 1 is 1.25 bits per heavy atom. The number of halogens is 1. The number of carboxylic acids is 1. The maximum absolute atomic E-state index is 13.7. The first-order chi connectivity index (χ1) is 13.3. The third-order valence-corrected chi connectivity index (χ3v) is 6.55. The first kappa shape index (κ1) is 21.2. The lowest BCUT2D eigenvalue weighted by Gasteiger charge is -2.42. The van der Waals surface area contributed by atoms with Crippen molar-refractivity contribution in [1.29, 1.82) is 0 Å². The highest BCUT2D eigenvalue weighted by molar-refractivity contribution is 6.40. The molecular weight excluding hydrogens is 362 g/mol. The van der Waals surface area contributed by atoms with Crippen LogP contribution in [0.1, 0.15) is 55.7 Å².